The van der Waals surface area contributed by atoms with Gasteiger partial charge in [-0.2, -0.15) is 0 Å². The number of ketones is 2. The molecule has 1 aliphatic carbocycles. The molecule has 0 saturated heterocycles. The fraction of sp³-hybridized carbons (Fsp3) is 0.200. The molecule has 0 aliphatic heterocycles. The van der Waals surface area contributed by atoms with E-state index in [9.17, 15) is 28.5 Å². The number of nitro groups is 1. The largest absolute Gasteiger partial charge is 0.294 e. The quantitative estimate of drug-likeness (QED) is 0.291. The summed E-state index contributed by atoms with van der Waals surface area (Å²) in [5, 5.41) is 11.4. The van der Waals surface area contributed by atoms with E-state index in [4.69, 9.17) is 0 Å². The number of rotatable bonds is 7. The molecule has 0 aromatic heterocycles. The zero-order valence-electron chi connectivity index (χ0n) is 16.9. The minimum absolute atomic E-state index is 0.0611. The highest BCUT2D eigenvalue weighted by atomic mass is 19.1. The van der Waals surface area contributed by atoms with Crippen LogP contribution in [0.4, 0.5) is 8.78 Å². The summed E-state index contributed by atoms with van der Waals surface area (Å²) in [4.78, 5) is 37.4. The first-order valence-electron chi connectivity index (χ1n) is 10.1. The third-order valence-electron chi connectivity index (χ3n) is 6.01. The molecule has 0 amide bonds. The summed E-state index contributed by atoms with van der Waals surface area (Å²) >= 11 is 0. The lowest BCUT2D eigenvalue weighted by molar-refractivity contribution is -0.484. The third-order valence-corrected chi connectivity index (χ3v) is 6.01. The predicted molar refractivity (Wildman–Crippen MR) is 113 cm³/mol. The van der Waals surface area contributed by atoms with Gasteiger partial charge in [-0.25, -0.2) is 8.78 Å². The van der Waals surface area contributed by atoms with Crippen molar-refractivity contribution >= 4 is 11.6 Å². The van der Waals surface area contributed by atoms with Crippen molar-refractivity contribution < 1.29 is 23.3 Å². The molecular weight excluding hydrogens is 416 g/mol. The zero-order valence-corrected chi connectivity index (χ0v) is 16.9. The summed E-state index contributed by atoms with van der Waals surface area (Å²) in [7, 11) is 0. The number of hydrogen-bond acceptors (Lipinski definition) is 4. The summed E-state index contributed by atoms with van der Waals surface area (Å²) in [6.07, 6.45) is -0.0611. The van der Waals surface area contributed by atoms with E-state index in [1.54, 1.807) is 24.3 Å². The SMILES string of the molecule is O=C(C[C@H]1c2ccccc2[C@@H](C[N+](=O)[O-])[C@@H]1C(=O)c1ccc(F)cc1)c1ccc(F)cc1. The van der Waals surface area contributed by atoms with Crippen molar-refractivity contribution in [3.8, 4) is 0 Å². The standard InChI is InChI=1S/C25H19F2NO4/c26-17-9-5-15(6-10-17)23(29)13-21-19-3-1-2-4-20(19)22(14-28(31)32)24(21)25(30)16-7-11-18(27)12-8-16/h1-12,21-22,24H,13-14H2/t21-,22+,24+/m0/s1. The van der Waals surface area contributed by atoms with Crippen LogP contribution in [0.15, 0.2) is 72.8 Å². The summed E-state index contributed by atoms with van der Waals surface area (Å²) in [6.45, 7) is -0.462. The highest BCUT2D eigenvalue weighted by Crippen LogP contribution is 2.50. The van der Waals surface area contributed by atoms with Gasteiger partial charge in [0.15, 0.2) is 11.6 Å². The number of hydrogen-bond donors (Lipinski definition) is 0. The number of Topliss-reactive ketones (excluding diaryl/α,β-unsaturated/α-hetero) is 2. The first kappa shape index (κ1) is 21.5. The number of fused-ring (bicyclic) bond motifs is 1. The predicted octanol–water partition coefficient (Wildman–Crippen LogP) is 5.19. The minimum Gasteiger partial charge on any atom is -0.294 e. The minimum atomic E-state index is -0.854. The van der Waals surface area contributed by atoms with Gasteiger partial charge in [0, 0.05) is 34.3 Å². The van der Waals surface area contributed by atoms with Crippen LogP contribution in [0.2, 0.25) is 0 Å². The molecule has 162 valence electrons. The van der Waals surface area contributed by atoms with Gasteiger partial charge in [-0.15, -0.1) is 0 Å². The molecule has 0 radical (unpaired) electrons. The van der Waals surface area contributed by atoms with Crippen LogP contribution in [0.5, 0.6) is 0 Å². The van der Waals surface area contributed by atoms with Crippen LogP contribution in [-0.4, -0.2) is 23.0 Å². The van der Waals surface area contributed by atoms with Crippen LogP contribution in [0.25, 0.3) is 0 Å². The highest BCUT2D eigenvalue weighted by Gasteiger charge is 2.47. The Morgan fingerprint density at radius 3 is 1.81 bits per heavy atom. The highest BCUT2D eigenvalue weighted by molar-refractivity contribution is 6.01. The lowest BCUT2D eigenvalue weighted by Crippen LogP contribution is -2.28. The third kappa shape index (κ3) is 4.19. The molecule has 7 heteroatoms. The van der Waals surface area contributed by atoms with Crippen molar-refractivity contribution in [3.05, 3.63) is 117 Å². The summed E-state index contributed by atoms with van der Waals surface area (Å²) in [5.41, 5.74) is 1.92. The molecule has 1 aliphatic rings. The van der Waals surface area contributed by atoms with Crippen LogP contribution >= 0.6 is 0 Å². The molecule has 3 aromatic rings. The first-order valence-corrected chi connectivity index (χ1v) is 10.1. The molecular formula is C25H19F2NO4. The van der Waals surface area contributed by atoms with Gasteiger partial charge in [0.05, 0.1) is 5.92 Å². The molecule has 0 spiro atoms. The average Bonchev–Trinajstić information content (AvgIpc) is 3.07. The van der Waals surface area contributed by atoms with Crippen LogP contribution in [0.3, 0.4) is 0 Å². The molecule has 0 bridgehead atoms. The molecule has 0 fully saturated rings. The monoisotopic (exact) mass is 435 g/mol. The van der Waals surface area contributed by atoms with Gasteiger partial charge in [0.2, 0.25) is 6.54 Å². The van der Waals surface area contributed by atoms with E-state index in [-0.39, 0.29) is 23.6 Å². The van der Waals surface area contributed by atoms with Gasteiger partial charge in [-0.1, -0.05) is 24.3 Å². The van der Waals surface area contributed by atoms with E-state index in [1.807, 2.05) is 0 Å². The molecule has 0 heterocycles. The number of benzene rings is 3. The molecule has 0 unspecified atom stereocenters. The Bertz CT molecular complexity index is 1180. The number of nitrogens with zero attached hydrogens (tertiary/aromatic N) is 1. The molecule has 0 saturated carbocycles. The fourth-order valence-corrected chi connectivity index (χ4v) is 4.59. The molecule has 4 rings (SSSR count). The lowest BCUT2D eigenvalue weighted by atomic mass is 9.78. The van der Waals surface area contributed by atoms with E-state index in [1.165, 1.54) is 36.4 Å². The Balaban J connectivity index is 1.75. The Labute approximate surface area is 182 Å². The molecule has 3 atom stereocenters. The van der Waals surface area contributed by atoms with Gasteiger partial charge >= 0.3 is 0 Å². The lowest BCUT2D eigenvalue weighted by Gasteiger charge is -2.22. The normalized spacial score (nSPS) is 19.4. The van der Waals surface area contributed by atoms with Crippen LogP contribution in [-0.2, 0) is 0 Å². The first-order chi connectivity index (χ1) is 15.3. The van der Waals surface area contributed by atoms with E-state index in [0.29, 0.717) is 11.1 Å². The zero-order chi connectivity index (χ0) is 22.8. The van der Waals surface area contributed by atoms with Crippen LogP contribution < -0.4 is 0 Å². The summed E-state index contributed by atoms with van der Waals surface area (Å²) < 4.78 is 26.6. The maximum Gasteiger partial charge on any atom is 0.211 e. The van der Waals surface area contributed by atoms with Crippen molar-refractivity contribution in [2.75, 3.05) is 6.54 Å². The van der Waals surface area contributed by atoms with Gasteiger partial charge in [-0.3, -0.25) is 19.7 Å². The van der Waals surface area contributed by atoms with Gasteiger partial charge in [0.25, 0.3) is 0 Å². The smallest absolute Gasteiger partial charge is 0.211 e. The van der Waals surface area contributed by atoms with E-state index >= 15 is 0 Å². The van der Waals surface area contributed by atoms with E-state index in [2.05, 4.69) is 0 Å². The van der Waals surface area contributed by atoms with E-state index < -0.39 is 40.9 Å². The topological polar surface area (TPSA) is 77.3 Å². The van der Waals surface area contributed by atoms with Crippen LogP contribution in [0.1, 0.15) is 50.1 Å². The van der Waals surface area contributed by atoms with Crippen molar-refractivity contribution in [2.24, 2.45) is 5.92 Å². The summed E-state index contributed by atoms with van der Waals surface area (Å²) in [5.74, 6) is -3.79. The molecule has 0 N–H and O–H groups in total. The van der Waals surface area contributed by atoms with Crippen molar-refractivity contribution in [3.63, 3.8) is 0 Å². The second kappa shape index (κ2) is 8.78. The Morgan fingerprint density at radius 2 is 1.28 bits per heavy atom. The van der Waals surface area contributed by atoms with Crippen molar-refractivity contribution in [2.45, 2.75) is 18.3 Å². The molecule has 32 heavy (non-hydrogen) atoms. The van der Waals surface area contributed by atoms with E-state index in [0.717, 1.165) is 17.7 Å². The Kier molecular flexibility index (Phi) is 5.90. The molecule has 5 nitrogen and oxygen atoms in total. The average molecular weight is 435 g/mol. The second-order valence-electron chi connectivity index (χ2n) is 7.89. The summed E-state index contributed by atoms with van der Waals surface area (Å²) in [6, 6.07) is 17.2. The van der Waals surface area contributed by atoms with Crippen molar-refractivity contribution in [1.82, 2.24) is 0 Å². The van der Waals surface area contributed by atoms with Gasteiger partial charge in [0.1, 0.15) is 11.6 Å². The van der Waals surface area contributed by atoms with Gasteiger partial charge in [-0.05, 0) is 59.7 Å². The second-order valence-corrected chi connectivity index (χ2v) is 7.89. The van der Waals surface area contributed by atoms with Crippen molar-refractivity contribution in [1.29, 1.82) is 0 Å². The Hall–Kier alpha value is -3.74. The molecule has 3 aromatic carbocycles. The maximum absolute atomic E-state index is 13.5. The van der Waals surface area contributed by atoms with Crippen LogP contribution in [0, 0.1) is 27.7 Å². The van der Waals surface area contributed by atoms with Gasteiger partial charge < -0.3 is 0 Å². The Morgan fingerprint density at radius 1 is 0.781 bits per heavy atom. The fourth-order valence-electron chi connectivity index (χ4n) is 4.59. The number of halogens is 2. The number of carbonyl (C=O) groups excluding carboxylic acids is 2. The maximum atomic E-state index is 13.5. The number of carbonyl (C=O) groups is 2.